The highest BCUT2D eigenvalue weighted by Gasteiger charge is 2.40. The van der Waals surface area contributed by atoms with E-state index in [1.165, 1.54) is 12.1 Å². The van der Waals surface area contributed by atoms with Crippen LogP contribution in [0.3, 0.4) is 0 Å². The number of benzene rings is 1. The zero-order chi connectivity index (χ0) is 17.6. The third kappa shape index (κ3) is 2.65. The van der Waals surface area contributed by atoms with Gasteiger partial charge in [0.25, 0.3) is 0 Å². The van der Waals surface area contributed by atoms with Crippen LogP contribution in [0.2, 0.25) is 0 Å². The van der Waals surface area contributed by atoms with Gasteiger partial charge in [-0.25, -0.2) is 4.68 Å². The summed E-state index contributed by atoms with van der Waals surface area (Å²) in [5, 5.41) is 35.2. The summed E-state index contributed by atoms with van der Waals surface area (Å²) in [6.45, 7) is 2.13. The third-order valence-corrected chi connectivity index (χ3v) is 6.26. The number of aromatic nitrogens is 3. The van der Waals surface area contributed by atoms with Crippen LogP contribution in [0.5, 0.6) is 5.75 Å². The lowest BCUT2D eigenvalue weighted by Crippen LogP contribution is -2.30. The number of hydrogen-bond acceptors (Lipinski definition) is 8. The SMILES string of the molecule is CCCCc1nnc2n1N1C(=CS[C@@H]1c1ccc(O)c([N+](=O)[O-])c1)S2. The number of phenolic OH excluding ortho intramolecular Hbond substituents is 1. The smallest absolute Gasteiger partial charge is 0.311 e. The molecule has 0 aliphatic carbocycles. The number of nitro benzene ring substituents is 1. The molecule has 0 saturated heterocycles. The molecular weight excluding hydrogens is 362 g/mol. The van der Waals surface area contributed by atoms with Crippen LogP contribution in [0.25, 0.3) is 0 Å². The maximum atomic E-state index is 11.1. The fraction of sp³-hybridized carbons (Fsp3) is 0.333. The number of aromatic hydroxyl groups is 1. The molecule has 2 aromatic rings. The van der Waals surface area contributed by atoms with E-state index in [4.69, 9.17) is 0 Å². The maximum Gasteiger partial charge on any atom is 0.311 e. The quantitative estimate of drug-likeness (QED) is 0.624. The highest BCUT2D eigenvalue weighted by atomic mass is 32.2. The minimum absolute atomic E-state index is 0.153. The number of nitro groups is 1. The Hall–Kier alpha value is -2.20. The number of aryl methyl sites for hydroxylation is 1. The van der Waals surface area contributed by atoms with Crippen LogP contribution in [0.15, 0.2) is 33.8 Å². The fourth-order valence-electron chi connectivity index (χ4n) is 2.84. The van der Waals surface area contributed by atoms with E-state index in [2.05, 4.69) is 22.1 Å². The number of rotatable bonds is 5. The molecular formula is C15H15N5O3S2. The number of unbranched alkanes of at least 4 members (excludes halogenated alkanes) is 1. The molecule has 130 valence electrons. The summed E-state index contributed by atoms with van der Waals surface area (Å²) in [5.41, 5.74) is 0.470. The first-order valence-corrected chi connectivity index (χ1v) is 9.60. The molecule has 0 radical (unpaired) electrons. The lowest BCUT2D eigenvalue weighted by atomic mass is 10.2. The van der Waals surface area contributed by atoms with Gasteiger partial charge in [-0.1, -0.05) is 31.2 Å². The highest BCUT2D eigenvalue weighted by molar-refractivity contribution is 8.07. The zero-order valence-corrected chi connectivity index (χ0v) is 15.0. The molecule has 0 fully saturated rings. The molecule has 25 heavy (non-hydrogen) atoms. The van der Waals surface area contributed by atoms with Crippen molar-refractivity contribution >= 4 is 29.2 Å². The number of nitrogens with zero attached hydrogens (tertiary/aromatic N) is 5. The van der Waals surface area contributed by atoms with E-state index in [9.17, 15) is 15.2 Å². The number of phenols is 1. The Labute approximate surface area is 152 Å². The maximum absolute atomic E-state index is 11.1. The van der Waals surface area contributed by atoms with Crippen LogP contribution in [-0.2, 0) is 6.42 Å². The van der Waals surface area contributed by atoms with E-state index in [1.807, 2.05) is 10.1 Å². The summed E-state index contributed by atoms with van der Waals surface area (Å²) in [6, 6.07) is 4.53. The average molecular weight is 377 g/mol. The van der Waals surface area contributed by atoms with E-state index in [0.29, 0.717) is 0 Å². The van der Waals surface area contributed by atoms with Gasteiger partial charge in [-0.05, 0) is 29.8 Å². The third-order valence-electron chi connectivity index (χ3n) is 4.07. The largest absolute Gasteiger partial charge is 0.502 e. The Balaban J connectivity index is 1.71. The number of hydrogen-bond donors (Lipinski definition) is 1. The highest BCUT2D eigenvalue weighted by Crippen LogP contribution is 2.51. The van der Waals surface area contributed by atoms with Crippen LogP contribution >= 0.6 is 23.5 Å². The Morgan fingerprint density at radius 3 is 3.00 bits per heavy atom. The van der Waals surface area contributed by atoms with Gasteiger partial charge in [0.2, 0.25) is 5.16 Å². The molecule has 8 nitrogen and oxygen atoms in total. The summed E-state index contributed by atoms with van der Waals surface area (Å²) >= 11 is 3.12. The summed E-state index contributed by atoms with van der Waals surface area (Å²) in [7, 11) is 0. The molecule has 4 rings (SSSR count). The molecule has 2 aliphatic rings. The summed E-state index contributed by atoms with van der Waals surface area (Å²) in [4.78, 5) is 10.6. The van der Waals surface area contributed by atoms with E-state index >= 15 is 0 Å². The molecule has 10 heteroatoms. The fourth-order valence-corrected chi connectivity index (χ4v) is 5.08. The second-order valence-electron chi connectivity index (χ2n) is 5.71. The lowest BCUT2D eigenvalue weighted by Gasteiger charge is -2.25. The van der Waals surface area contributed by atoms with Crippen LogP contribution in [0.4, 0.5) is 5.69 Å². The molecule has 0 saturated carbocycles. The summed E-state index contributed by atoms with van der Waals surface area (Å²) < 4.78 is 2.01. The van der Waals surface area contributed by atoms with Crippen molar-refractivity contribution in [1.29, 1.82) is 0 Å². The first-order valence-electron chi connectivity index (χ1n) is 7.84. The van der Waals surface area contributed by atoms with E-state index in [1.54, 1.807) is 29.6 Å². The predicted octanol–water partition coefficient (Wildman–Crippen LogP) is 3.52. The van der Waals surface area contributed by atoms with Crippen LogP contribution in [0.1, 0.15) is 36.5 Å². The van der Waals surface area contributed by atoms with E-state index in [0.717, 1.165) is 40.8 Å². The van der Waals surface area contributed by atoms with Crippen molar-refractivity contribution in [2.75, 3.05) is 5.01 Å². The van der Waals surface area contributed by atoms with Gasteiger partial charge in [-0.2, -0.15) is 0 Å². The first kappa shape index (κ1) is 16.3. The summed E-state index contributed by atoms with van der Waals surface area (Å²) in [5.74, 6) is 0.572. The Morgan fingerprint density at radius 1 is 1.40 bits per heavy atom. The molecule has 0 unspecified atom stereocenters. The molecule has 3 heterocycles. The molecule has 1 N–H and O–H groups in total. The minimum Gasteiger partial charge on any atom is -0.502 e. The van der Waals surface area contributed by atoms with Crippen molar-refractivity contribution in [3.05, 3.63) is 50.1 Å². The zero-order valence-electron chi connectivity index (χ0n) is 13.3. The number of fused-ring (bicyclic) bond motifs is 3. The Bertz CT molecular complexity index is 882. The van der Waals surface area contributed by atoms with E-state index in [-0.39, 0.29) is 16.8 Å². The van der Waals surface area contributed by atoms with Crippen molar-refractivity contribution in [3.8, 4) is 5.75 Å². The second kappa shape index (κ2) is 6.26. The minimum atomic E-state index is -0.567. The molecule has 0 spiro atoms. The first-order chi connectivity index (χ1) is 12.1. The normalized spacial score (nSPS) is 18.2. The molecule has 0 bridgehead atoms. The van der Waals surface area contributed by atoms with Crippen molar-refractivity contribution in [2.45, 2.75) is 36.7 Å². The van der Waals surface area contributed by atoms with Gasteiger partial charge < -0.3 is 5.11 Å². The Morgan fingerprint density at radius 2 is 2.24 bits per heavy atom. The predicted molar refractivity (Wildman–Crippen MR) is 95.9 cm³/mol. The number of thioether (sulfide) groups is 2. The Kier molecular flexibility index (Phi) is 4.08. The van der Waals surface area contributed by atoms with Gasteiger partial charge in [-0.3, -0.25) is 15.1 Å². The molecule has 2 aliphatic heterocycles. The van der Waals surface area contributed by atoms with Crippen molar-refractivity contribution in [1.82, 2.24) is 14.9 Å². The average Bonchev–Trinajstić information content (AvgIpc) is 3.24. The van der Waals surface area contributed by atoms with Crippen LogP contribution < -0.4 is 5.01 Å². The molecule has 1 aromatic carbocycles. The monoisotopic (exact) mass is 377 g/mol. The van der Waals surface area contributed by atoms with Gasteiger partial charge in [0.1, 0.15) is 10.4 Å². The van der Waals surface area contributed by atoms with Crippen LogP contribution in [-0.4, -0.2) is 24.9 Å². The van der Waals surface area contributed by atoms with Crippen molar-refractivity contribution < 1.29 is 10.0 Å². The topological polar surface area (TPSA) is 97.3 Å². The van der Waals surface area contributed by atoms with E-state index < -0.39 is 4.92 Å². The van der Waals surface area contributed by atoms with Gasteiger partial charge in [0.05, 0.1) is 4.92 Å². The van der Waals surface area contributed by atoms with Crippen LogP contribution in [0, 0.1) is 10.1 Å². The van der Waals surface area contributed by atoms with Gasteiger partial charge >= 0.3 is 5.69 Å². The second-order valence-corrected chi connectivity index (χ2v) is 7.65. The van der Waals surface area contributed by atoms with Gasteiger partial charge in [-0.15, -0.1) is 10.2 Å². The van der Waals surface area contributed by atoms with Gasteiger partial charge in [0.15, 0.2) is 11.6 Å². The van der Waals surface area contributed by atoms with Crippen molar-refractivity contribution in [3.63, 3.8) is 0 Å². The molecule has 1 aromatic heterocycles. The lowest BCUT2D eigenvalue weighted by molar-refractivity contribution is -0.385. The van der Waals surface area contributed by atoms with Crippen molar-refractivity contribution in [2.24, 2.45) is 0 Å². The standard InChI is InChI=1S/C15H15N5O3S2/c1-2-3-4-12-16-17-15-18(12)19-13(25-15)8-24-14(19)9-5-6-11(21)10(7-9)20(22)23/h5-8,14,21H,2-4H2,1H3/t14-/m1/s1. The van der Waals surface area contributed by atoms with Gasteiger partial charge in [0, 0.05) is 17.9 Å². The molecule has 0 amide bonds. The summed E-state index contributed by atoms with van der Waals surface area (Å²) in [6.07, 6.45) is 2.93. The molecule has 1 atom stereocenters.